The van der Waals surface area contributed by atoms with Crippen LogP contribution in [0.4, 0.5) is 13.2 Å². The van der Waals surface area contributed by atoms with E-state index in [0.29, 0.717) is 0 Å². The minimum atomic E-state index is -2.96. The second kappa shape index (κ2) is 24.3. The summed E-state index contributed by atoms with van der Waals surface area (Å²) in [5.74, 6) is -2.77. The normalized spacial score (nSPS) is 12.3. The highest BCUT2D eigenvalue weighted by atomic mass is 19.3. The van der Waals surface area contributed by atoms with Gasteiger partial charge in [0.15, 0.2) is 0 Å². The zero-order valence-electron chi connectivity index (χ0n) is 27.8. The molecule has 2 nitrogen and oxygen atoms in total. The number of rotatable bonds is 16. The Balaban J connectivity index is 0. The zero-order valence-corrected chi connectivity index (χ0v) is 27.8. The summed E-state index contributed by atoms with van der Waals surface area (Å²) >= 11 is 0. The summed E-state index contributed by atoms with van der Waals surface area (Å²) in [6.07, 6.45) is 17.0. The first-order chi connectivity index (χ1) is 19.4. The molecule has 0 heterocycles. The topological polar surface area (TPSA) is 29.3 Å². The number of nitrogens with zero attached hydrogens (tertiary/aromatic N) is 1. The monoisotopic (exact) mass is 578 g/mol. The summed E-state index contributed by atoms with van der Waals surface area (Å²) in [4.78, 5) is 2.57. The van der Waals surface area contributed by atoms with Gasteiger partial charge in [-0.3, -0.25) is 4.90 Å². The molecule has 0 radical (unpaired) electrons. The highest BCUT2D eigenvalue weighted by Gasteiger charge is 2.28. The molecule has 0 fully saturated rings. The van der Waals surface area contributed by atoms with Crippen LogP contribution in [0.15, 0.2) is 65.9 Å². The molecule has 0 amide bonds. The fourth-order valence-corrected chi connectivity index (χ4v) is 4.68. The quantitative estimate of drug-likeness (QED) is 0.156. The number of alkyl halides is 2. The molecule has 0 saturated carbocycles. The fraction of sp³-hybridized carbons (Fsp3) is 0.611. The maximum atomic E-state index is 13.0. The Morgan fingerprint density at radius 2 is 1.54 bits per heavy atom. The van der Waals surface area contributed by atoms with E-state index in [9.17, 15) is 13.2 Å². The van der Waals surface area contributed by atoms with Crippen molar-refractivity contribution in [3.63, 3.8) is 0 Å². The second-order valence-corrected chi connectivity index (χ2v) is 10.6. The minimum Gasteiger partial charge on any atom is -0.399 e. The molecule has 0 atom stereocenters. The van der Waals surface area contributed by atoms with Crippen molar-refractivity contribution in [2.75, 3.05) is 19.6 Å². The Labute approximate surface area is 251 Å². The Morgan fingerprint density at radius 3 is 1.90 bits per heavy atom. The van der Waals surface area contributed by atoms with Gasteiger partial charge in [0.25, 0.3) is 5.92 Å². The summed E-state index contributed by atoms with van der Waals surface area (Å²) in [6.45, 7) is 25.5. The summed E-state index contributed by atoms with van der Waals surface area (Å²) in [5.41, 5.74) is 9.09. The van der Waals surface area contributed by atoms with Crippen LogP contribution in [0.2, 0.25) is 0 Å². The van der Waals surface area contributed by atoms with Gasteiger partial charge in [0.05, 0.1) is 0 Å². The van der Waals surface area contributed by atoms with Crippen LogP contribution >= 0.6 is 0 Å². The molecule has 0 unspecified atom stereocenters. The lowest BCUT2D eigenvalue weighted by Crippen LogP contribution is -2.29. The highest BCUT2D eigenvalue weighted by molar-refractivity contribution is 5.31. The molecule has 0 bridgehead atoms. The van der Waals surface area contributed by atoms with E-state index in [1.807, 2.05) is 32.1 Å². The lowest BCUT2D eigenvalue weighted by Gasteiger charge is -2.26. The average molecular weight is 579 g/mol. The summed E-state index contributed by atoms with van der Waals surface area (Å²) < 4.78 is 38.9. The highest BCUT2D eigenvalue weighted by Crippen LogP contribution is 2.31. The standard InChI is InChI=1S/C16H33N.C10H11F3.C10H17N/c1-6-10-16(11-7-2)15(5)14-17(12-8-3)13-9-4;1-3-7-8(10(2,12)13)5-4-6-9(7)11;1-4-7-9(5-2)8-10(11)6-3/h16H,5-14H2,1-4H3;4-6H,3H2,1-2H3;4,6-8H,5,11H2,1-3H3/b;;7-4-,9-8-,10-6-. The number of benzene rings is 1. The maximum Gasteiger partial charge on any atom is 0.270 e. The van der Waals surface area contributed by atoms with Crippen LogP contribution in [-0.2, 0) is 12.3 Å². The lowest BCUT2D eigenvalue weighted by molar-refractivity contribution is 0.0162. The van der Waals surface area contributed by atoms with Crippen molar-refractivity contribution < 1.29 is 13.2 Å². The largest absolute Gasteiger partial charge is 0.399 e. The first-order valence-corrected chi connectivity index (χ1v) is 15.7. The fourth-order valence-electron chi connectivity index (χ4n) is 4.68. The van der Waals surface area contributed by atoms with Crippen LogP contribution in [0, 0.1) is 11.7 Å². The lowest BCUT2D eigenvalue weighted by atomic mass is 9.90. The van der Waals surface area contributed by atoms with E-state index >= 15 is 0 Å². The molecule has 236 valence electrons. The molecule has 41 heavy (non-hydrogen) atoms. The van der Waals surface area contributed by atoms with Gasteiger partial charge in [0.1, 0.15) is 5.82 Å². The number of hydrogen-bond acceptors (Lipinski definition) is 2. The Kier molecular flexibility index (Phi) is 24.3. The van der Waals surface area contributed by atoms with E-state index in [1.165, 1.54) is 81.0 Å². The van der Waals surface area contributed by atoms with Crippen LogP contribution < -0.4 is 5.73 Å². The molecule has 0 saturated heterocycles. The molecule has 5 heteroatoms. The second-order valence-electron chi connectivity index (χ2n) is 10.6. The van der Waals surface area contributed by atoms with Crippen molar-refractivity contribution in [3.8, 4) is 0 Å². The van der Waals surface area contributed by atoms with Crippen LogP contribution in [0.25, 0.3) is 0 Å². The predicted octanol–water partition coefficient (Wildman–Crippen LogP) is 11.1. The van der Waals surface area contributed by atoms with E-state index in [4.69, 9.17) is 5.73 Å². The molecule has 2 N–H and O–H groups in total. The molecule has 1 aromatic carbocycles. The van der Waals surface area contributed by atoms with Gasteiger partial charge < -0.3 is 5.73 Å². The predicted molar refractivity (Wildman–Crippen MR) is 176 cm³/mol. The average Bonchev–Trinajstić information content (AvgIpc) is 2.92. The molecule has 1 rings (SSSR count). The van der Waals surface area contributed by atoms with E-state index in [1.54, 1.807) is 6.92 Å². The van der Waals surface area contributed by atoms with E-state index in [2.05, 4.69) is 52.2 Å². The van der Waals surface area contributed by atoms with Crippen LogP contribution in [0.3, 0.4) is 0 Å². The molecule has 1 aromatic rings. The van der Waals surface area contributed by atoms with Crippen molar-refractivity contribution >= 4 is 0 Å². The van der Waals surface area contributed by atoms with Gasteiger partial charge >= 0.3 is 0 Å². The smallest absolute Gasteiger partial charge is 0.270 e. The minimum absolute atomic E-state index is 0.106. The number of halogens is 3. The van der Waals surface area contributed by atoms with Crippen molar-refractivity contribution in [2.24, 2.45) is 11.7 Å². The van der Waals surface area contributed by atoms with Crippen LogP contribution in [0.5, 0.6) is 0 Å². The third-order valence-electron chi connectivity index (χ3n) is 6.78. The summed E-state index contributed by atoms with van der Waals surface area (Å²) in [5, 5.41) is 0. The van der Waals surface area contributed by atoms with Crippen LogP contribution in [-0.4, -0.2) is 24.5 Å². The van der Waals surface area contributed by atoms with Crippen LogP contribution in [0.1, 0.15) is 118 Å². The Hall–Kier alpha value is -2.27. The molecule has 0 aliphatic heterocycles. The first kappa shape index (κ1) is 40.9. The third kappa shape index (κ3) is 18.7. The maximum absolute atomic E-state index is 13.0. The molecule has 0 aliphatic carbocycles. The van der Waals surface area contributed by atoms with E-state index < -0.39 is 11.7 Å². The van der Waals surface area contributed by atoms with Crippen molar-refractivity contribution in [2.45, 2.75) is 120 Å². The molecular formula is C36H61F3N2. The van der Waals surface area contributed by atoms with Gasteiger partial charge in [0, 0.05) is 24.7 Å². The van der Waals surface area contributed by atoms with Gasteiger partial charge in [0.2, 0.25) is 0 Å². The number of nitrogens with two attached hydrogens (primary N) is 1. The van der Waals surface area contributed by atoms with Crippen molar-refractivity contribution in [3.05, 3.63) is 82.9 Å². The Bertz CT molecular complexity index is 898. The van der Waals surface area contributed by atoms with E-state index in [-0.39, 0.29) is 17.5 Å². The first-order valence-electron chi connectivity index (χ1n) is 15.7. The third-order valence-corrected chi connectivity index (χ3v) is 6.78. The van der Waals surface area contributed by atoms with Gasteiger partial charge in [-0.1, -0.05) is 96.9 Å². The number of hydrogen-bond donors (Lipinski definition) is 1. The molecule has 0 aliphatic rings. The van der Waals surface area contributed by atoms with Gasteiger partial charge in [-0.25, -0.2) is 13.2 Å². The summed E-state index contributed by atoms with van der Waals surface area (Å²) in [7, 11) is 0. The SMILES string of the molecule is C=C(CN(CCC)CCC)C(CCC)CCC.CCc1c(F)cccc1C(C)(F)F.C\C=C/C(=C\C(N)=C\C)CC. The van der Waals surface area contributed by atoms with Crippen molar-refractivity contribution in [1.82, 2.24) is 4.90 Å². The van der Waals surface area contributed by atoms with E-state index in [0.717, 1.165) is 31.5 Å². The Morgan fingerprint density at radius 1 is 0.976 bits per heavy atom. The van der Waals surface area contributed by atoms with Gasteiger partial charge in [-0.2, -0.15) is 0 Å². The molecular weight excluding hydrogens is 517 g/mol. The molecule has 0 aromatic heterocycles. The summed E-state index contributed by atoms with van der Waals surface area (Å²) in [6, 6.07) is 3.78. The number of allylic oxidation sites excluding steroid dienone is 5. The zero-order chi connectivity index (χ0) is 31.8. The molecule has 0 spiro atoms. The van der Waals surface area contributed by atoms with Gasteiger partial charge in [-0.05, 0) is 94.7 Å². The van der Waals surface area contributed by atoms with Crippen molar-refractivity contribution in [1.29, 1.82) is 0 Å². The van der Waals surface area contributed by atoms with Gasteiger partial charge in [-0.15, -0.1) is 0 Å².